The van der Waals surface area contributed by atoms with Crippen LogP contribution in [-0.2, 0) is 4.79 Å². The molecule has 0 saturated carbocycles. The van der Waals surface area contributed by atoms with Crippen LogP contribution in [0.5, 0.6) is 5.75 Å². The zero-order valence-corrected chi connectivity index (χ0v) is 13.2. The number of rotatable bonds is 1. The standard InChI is InChI=1S/C17H10N4O2S/c22-15-8-10(9-1-2-11-13(7-9)19-6-5-18-11)16-14(23-15)4-3-12-17(16)21-24-20-12/h1-7,10H,8H2/t10-/m0/s1. The van der Waals surface area contributed by atoms with Gasteiger partial charge in [0.05, 0.1) is 29.2 Å². The molecule has 1 aliphatic heterocycles. The normalized spacial score (nSPS) is 17.0. The van der Waals surface area contributed by atoms with E-state index in [1.165, 1.54) is 0 Å². The van der Waals surface area contributed by atoms with Crippen LogP contribution in [0.1, 0.15) is 23.5 Å². The minimum Gasteiger partial charge on any atom is -0.426 e. The summed E-state index contributed by atoms with van der Waals surface area (Å²) in [5.41, 5.74) is 5.18. The molecule has 2 aromatic carbocycles. The highest BCUT2D eigenvalue weighted by molar-refractivity contribution is 7.00. The van der Waals surface area contributed by atoms with Gasteiger partial charge in [0.1, 0.15) is 16.8 Å². The van der Waals surface area contributed by atoms with Gasteiger partial charge < -0.3 is 4.74 Å². The maximum Gasteiger partial charge on any atom is 0.312 e. The zero-order valence-electron chi connectivity index (χ0n) is 12.3. The third kappa shape index (κ3) is 1.98. The molecule has 116 valence electrons. The minimum atomic E-state index is -0.241. The van der Waals surface area contributed by atoms with Crippen LogP contribution in [0.4, 0.5) is 0 Å². The molecule has 1 aliphatic rings. The Labute approximate surface area is 140 Å². The van der Waals surface area contributed by atoms with Crippen LogP contribution in [0.15, 0.2) is 42.7 Å². The lowest BCUT2D eigenvalue weighted by Gasteiger charge is -2.25. The molecule has 7 heteroatoms. The van der Waals surface area contributed by atoms with Crippen LogP contribution in [0, 0.1) is 0 Å². The fourth-order valence-electron chi connectivity index (χ4n) is 3.19. The van der Waals surface area contributed by atoms with Crippen LogP contribution >= 0.6 is 11.7 Å². The average Bonchev–Trinajstić information content (AvgIpc) is 3.09. The van der Waals surface area contributed by atoms with E-state index in [9.17, 15) is 4.79 Å². The molecule has 0 aliphatic carbocycles. The maximum atomic E-state index is 12.1. The van der Waals surface area contributed by atoms with Crippen molar-refractivity contribution < 1.29 is 9.53 Å². The van der Waals surface area contributed by atoms with Gasteiger partial charge in [-0.25, -0.2) is 0 Å². The molecule has 1 atom stereocenters. The van der Waals surface area contributed by atoms with Crippen molar-refractivity contribution in [3.8, 4) is 5.75 Å². The predicted octanol–water partition coefficient (Wildman–Crippen LogP) is 3.08. The molecule has 0 unspecified atom stereocenters. The van der Waals surface area contributed by atoms with E-state index >= 15 is 0 Å². The molecule has 6 nitrogen and oxygen atoms in total. The molecule has 0 spiro atoms. The first kappa shape index (κ1) is 13.5. The highest BCUT2D eigenvalue weighted by atomic mass is 32.1. The molecule has 0 amide bonds. The summed E-state index contributed by atoms with van der Waals surface area (Å²) >= 11 is 1.16. The fraction of sp³-hybridized carbons (Fsp3) is 0.118. The molecule has 24 heavy (non-hydrogen) atoms. The first-order valence-electron chi connectivity index (χ1n) is 7.46. The van der Waals surface area contributed by atoms with Gasteiger partial charge in [0, 0.05) is 23.9 Å². The molecule has 0 bridgehead atoms. The van der Waals surface area contributed by atoms with E-state index < -0.39 is 0 Å². The van der Waals surface area contributed by atoms with Crippen molar-refractivity contribution in [3.63, 3.8) is 0 Å². The lowest BCUT2D eigenvalue weighted by atomic mass is 9.85. The molecule has 0 saturated heterocycles. The van der Waals surface area contributed by atoms with Crippen molar-refractivity contribution in [1.82, 2.24) is 18.7 Å². The number of carbonyl (C=O) groups is 1. The first-order chi connectivity index (χ1) is 11.8. The number of carbonyl (C=O) groups excluding carboxylic acids is 1. The van der Waals surface area contributed by atoms with Crippen LogP contribution in [-0.4, -0.2) is 24.7 Å². The van der Waals surface area contributed by atoms with E-state index in [-0.39, 0.29) is 18.3 Å². The molecule has 3 heterocycles. The number of aromatic nitrogens is 4. The number of hydrogen-bond acceptors (Lipinski definition) is 7. The van der Waals surface area contributed by atoms with E-state index in [1.54, 1.807) is 18.5 Å². The molecule has 0 N–H and O–H groups in total. The Bertz CT molecular complexity index is 1110. The minimum absolute atomic E-state index is 0.125. The average molecular weight is 334 g/mol. The van der Waals surface area contributed by atoms with E-state index in [4.69, 9.17) is 4.74 Å². The van der Waals surface area contributed by atoms with Gasteiger partial charge in [-0.05, 0) is 29.8 Å². The zero-order chi connectivity index (χ0) is 16.1. The van der Waals surface area contributed by atoms with Crippen molar-refractivity contribution in [2.45, 2.75) is 12.3 Å². The van der Waals surface area contributed by atoms with Gasteiger partial charge in [-0.15, -0.1) is 0 Å². The second kappa shape index (κ2) is 5.04. The summed E-state index contributed by atoms with van der Waals surface area (Å²) in [6, 6.07) is 9.52. The van der Waals surface area contributed by atoms with Crippen molar-refractivity contribution in [3.05, 3.63) is 53.9 Å². The van der Waals surface area contributed by atoms with Gasteiger partial charge >= 0.3 is 5.97 Å². The number of esters is 1. The van der Waals surface area contributed by atoms with Crippen molar-refractivity contribution in [2.75, 3.05) is 0 Å². The molecular formula is C17H10N4O2S. The summed E-state index contributed by atoms with van der Waals surface area (Å²) in [5, 5.41) is 0. The monoisotopic (exact) mass is 334 g/mol. The van der Waals surface area contributed by atoms with Crippen LogP contribution < -0.4 is 4.74 Å². The Balaban J connectivity index is 1.75. The number of ether oxygens (including phenoxy) is 1. The number of hydrogen-bond donors (Lipinski definition) is 0. The summed E-state index contributed by atoms with van der Waals surface area (Å²) in [7, 11) is 0. The number of fused-ring (bicyclic) bond motifs is 4. The first-order valence-corrected chi connectivity index (χ1v) is 8.19. The molecule has 0 radical (unpaired) electrons. The van der Waals surface area contributed by atoms with E-state index in [1.807, 2.05) is 24.3 Å². The summed E-state index contributed by atoms with van der Waals surface area (Å²) in [6.07, 6.45) is 3.60. The lowest BCUT2D eigenvalue weighted by Crippen LogP contribution is -2.21. The van der Waals surface area contributed by atoms with Crippen LogP contribution in [0.3, 0.4) is 0 Å². The Morgan fingerprint density at radius 1 is 1.00 bits per heavy atom. The van der Waals surface area contributed by atoms with Gasteiger partial charge in [-0.2, -0.15) is 8.75 Å². The highest BCUT2D eigenvalue weighted by Gasteiger charge is 2.31. The fourth-order valence-corrected chi connectivity index (χ4v) is 3.74. The van der Waals surface area contributed by atoms with Crippen molar-refractivity contribution in [1.29, 1.82) is 0 Å². The Hall–Kier alpha value is -2.93. The largest absolute Gasteiger partial charge is 0.426 e. The quantitative estimate of drug-likeness (QED) is 0.393. The van der Waals surface area contributed by atoms with Crippen molar-refractivity contribution >= 4 is 39.8 Å². The predicted molar refractivity (Wildman–Crippen MR) is 89.0 cm³/mol. The van der Waals surface area contributed by atoms with Crippen LogP contribution in [0.2, 0.25) is 0 Å². The topological polar surface area (TPSA) is 77.9 Å². The molecule has 2 aromatic heterocycles. The molecule has 4 aromatic rings. The number of nitrogens with zero attached hydrogens (tertiary/aromatic N) is 4. The summed E-state index contributed by atoms with van der Waals surface area (Å²) in [4.78, 5) is 20.7. The third-order valence-corrected chi connectivity index (χ3v) is 4.81. The molecule has 0 fully saturated rings. The SMILES string of the molecule is O=C1C[C@@H](c2ccc3nccnc3c2)c2c(ccc3nsnc23)O1. The van der Waals surface area contributed by atoms with Gasteiger partial charge in [-0.3, -0.25) is 14.8 Å². The lowest BCUT2D eigenvalue weighted by molar-refractivity contribution is -0.135. The van der Waals surface area contributed by atoms with Gasteiger partial charge in [0.15, 0.2) is 0 Å². The van der Waals surface area contributed by atoms with Gasteiger partial charge in [-0.1, -0.05) is 6.07 Å². The van der Waals surface area contributed by atoms with Gasteiger partial charge in [0.2, 0.25) is 0 Å². The second-order valence-corrected chi connectivity index (χ2v) is 6.17. The third-order valence-electron chi connectivity index (χ3n) is 4.27. The maximum absolute atomic E-state index is 12.1. The second-order valence-electron chi connectivity index (χ2n) is 5.64. The summed E-state index contributed by atoms with van der Waals surface area (Å²) in [5.74, 6) is 0.199. The number of benzene rings is 2. The summed E-state index contributed by atoms with van der Waals surface area (Å²) in [6.45, 7) is 0. The van der Waals surface area contributed by atoms with E-state index in [0.717, 1.165) is 44.9 Å². The molecular weight excluding hydrogens is 324 g/mol. The van der Waals surface area contributed by atoms with E-state index in [2.05, 4.69) is 18.7 Å². The Morgan fingerprint density at radius 2 is 1.83 bits per heavy atom. The smallest absolute Gasteiger partial charge is 0.312 e. The highest BCUT2D eigenvalue weighted by Crippen LogP contribution is 2.42. The Kier molecular flexibility index (Phi) is 2.83. The molecule has 5 rings (SSSR count). The van der Waals surface area contributed by atoms with E-state index in [0.29, 0.717) is 5.75 Å². The summed E-state index contributed by atoms with van der Waals surface area (Å²) < 4.78 is 14.1. The van der Waals surface area contributed by atoms with Crippen molar-refractivity contribution in [2.24, 2.45) is 0 Å². The van der Waals surface area contributed by atoms with Gasteiger partial charge in [0.25, 0.3) is 0 Å². The Morgan fingerprint density at radius 3 is 2.75 bits per heavy atom. The van der Waals surface area contributed by atoms with Crippen LogP contribution in [0.25, 0.3) is 22.1 Å².